The molecule has 2 N–H and O–H groups in total. The van der Waals surface area contributed by atoms with Crippen molar-refractivity contribution >= 4 is 16.9 Å². The second-order valence-electron chi connectivity index (χ2n) is 4.16. The number of para-hydroxylation sites is 1. The van der Waals surface area contributed by atoms with Gasteiger partial charge in [0.25, 0.3) is 0 Å². The highest BCUT2D eigenvalue weighted by Gasteiger charge is 2.19. The van der Waals surface area contributed by atoms with Gasteiger partial charge in [-0.1, -0.05) is 18.2 Å². The van der Waals surface area contributed by atoms with Crippen LogP contribution >= 0.6 is 0 Å². The largest absolute Gasteiger partial charge is 0.465 e. The molecule has 0 saturated heterocycles. The number of likely N-dealkylation sites (N-methyl/N-ethyl adjacent to an activating group) is 1. The molecule has 4 heteroatoms. The van der Waals surface area contributed by atoms with Crippen molar-refractivity contribution in [1.82, 2.24) is 10.3 Å². The molecule has 0 saturated carbocycles. The van der Waals surface area contributed by atoms with Crippen LogP contribution in [0.15, 0.2) is 30.5 Å². The lowest BCUT2D eigenvalue weighted by molar-refractivity contribution is -0.145. The van der Waals surface area contributed by atoms with Crippen LogP contribution in [0.1, 0.15) is 12.5 Å². The average Bonchev–Trinajstić information content (AvgIpc) is 2.79. The Morgan fingerprint density at radius 3 is 2.94 bits per heavy atom. The van der Waals surface area contributed by atoms with E-state index in [2.05, 4.69) is 16.4 Å². The number of aromatic amines is 1. The Labute approximate surface area is 106 Å². The Balaban J connectivity index is 2.19. The van der Waals surface area contributed by atoms with Crippen LogP contribution in [-0.4, -0.2) is 30.6 Å². The van der Waals surface area contributed by atoms with Gasteiger partial charge in [-0.15, -0.1) is 0 Å². The number of hydrogen-bond donors (Lipinski definition) is 2. The third-order valence-electron chi connectivity index (χ3n) is 3.02. The van der Waals surface area contributed by atoms with E-state index in [9.17, 15) is 4.79 Å². The number of esters is 1. The molecule has 0 bridgehead atoms. The first kappa shape index (κ1) is 12.6. The van der Waals surface area contributed by atoms with Crippen LogP contribution in [0.4, 0.5) is 0 Å². The predicted molar refractivity (Wildman–Crippen MR) is 71.5 cm³/mol. The monoisotopic (exact) mass is 246 g/mol. The molecule has 0 radical (unpaired) electrons. The van der Waals surface area contributed by atoms with Gasteiger partial charge in [0.1, 0.15) is 6.04 Å². The third kappa shape index (κ3) is 2.54. The predicted octanol–water partition coefficient (Wildman–Crippen LogP) is 1.86. The lowest BCUT2D eigenvalue weighted by atomic mass is 10.1. The first-order valence-electron chi connectivity index (χ1n) is 6.15. The Kier molecular flexibility index (Phi) is 3.99. The topological polar surface area (TPSA) is 54.1 Å². The smallest absolute Gasteiger partial charge is 0.323 e. The van der Waals surface area contributed by atoms with Gasteiger partial charge >= 0.3 is 5.97 Å². The van der Waals surface area contributed by atoms with Crippen molar-refractivity contribution in [1.29, 1.82) is 0 Å². The second kappa shape index (κ2) is 5.69. The summed E-state index contributed by atoms with van der Waals surface area (Å²) in [5.41, 5.74) is 2.21. The Morgan fingerprint density at radius 1 is 1.44 bits per heavy atom. The molecule has 1 atom stereocenters. The number of carbonyl (C=O) groups is 1. The van der Waals surface area contributed by atoms with Gasteiger partial charge in [-0.25, -0.2) is 0 Å². The average molecular weight is 246 g/mol. The van der Waals surface area contributed by atoms with Gasteiger partial charge < -0.3 is 15.0 Å². The fraction of sp³-hybridized carbons (Fsp3) is 0.357. The van der Waals surface area contributed by atoms with Crippen LogP contribution in [0.25, 0.3) is 10.9 Å². The van der Waals surface area contributed by atoms with Gasteiger partial charge in [0.2, 0.25) is 0 Å². The standard InChI is InChI=1S/C14H18N2O2/c1-3-18-14(17)13(15-2)8-10-9-16-12-7-5-4-6-11(10)12/h4-7,9,13,15-16H,3,8H2,1-2H3. The fourth-order valence-corrected chi connectivity index (χ4v) is 2.07. The van der Waals surface area contributed by atoms with Gasteiger partial charge in [-0.3, -0.25) is 4.79 Å². The summed E-state index contributed by atoms with van der Waals surface area (Å²) in [6.45, 7) is 2.22. The Morgan fingerprint density at radius 2 is 2.22 bits per heavy atom. The van der Waals surface area contributed by atoms with Crippen LogP contribution in [0.3, 0.4) is 0 Å². The summed E-state index contributed by atoms with van der Waals surface area (Å²) in [5.74, 6) is -0.203. The van der Waals surface area contributed by atoms with Crippen LogP contribution in [0.5, 0.6) is 0 Å². The molecule has 1 aromatic heterocycles. The quantitative estimate of drug-likeness (QED) is 0.792. The van der Waals surface area contributed by atoms with Gasteiger partial charge in [-0.2, -0.15) is 0 Å². The van der Waals surface area contributed by atoms with E-state index in [-0.39, 0.29) is 12.0 Å². The molecule has 0 spiro atoms. The molecule has 0 aliphatic rings. The number of fused-ring (bicyclic) bond motifs is 1. The van der Waals surface area contributed by atoms with Gasteiger partial charge in [-0.05, 0) is 25.6 Å². The number of hydrogen-bond acceptors (Lipinski definition) is 3. The lowest BCUT2D eigenvalue weighted by Gasteiger charge is -2.14. The Bertz CT molecular complexity index is 533. The van der Waals surface area contributed by atoms with E-state index in [4.69, 9.17) is 4.74 Å². The minimum absolute atomic E-state index is 0.203. The molecule has 1 heterocycles. The summed E-state index contributed by atoms with van der Waals surface area (Å²) in [6.07, 6.45) is 2.58. The van der Waals surface area contributed by atoms with E-state index in [1.807, 2.05) is 31.3 Å². The molecular weight excluding hydrogens is 228 g/mol. The van der Waals surface area contributed by atoms with Crippen LogP contribution in [0, 0.1) is 0 Å². The van der Waals surface area contributed by atoms with Crippen molar-refractivity contribution < 1.29 is 9.53 Å². The molecule has 2 aromatic rings. The highest BCUT2D eigenvalue weighted by atomic mass is 16.5. The van der Waals surface area contributed by atoms with Crippen LogP contribution in [0.2, 0.25) is 0 Å². The molecule has 1 unspecified atom stereocenters. The highest BCUT2D eigenvalue weighted by molar-refractivity contribution is 5.84. The van der Waals surface area contributed by atoms with Crippen molar-refractivity contribution in [3.8, 4) is 0 Å². The van der Waals surface area contributed by atoms with Crippen LogP contribution in [-0.2, 0) is 16.0 Å². The van der Waals surface area contributed by atoms with Gasteiger partial charge in [0.05, 0.1) is 6.61 Å². The Hall–Kier alpha value is -1.81. The van der Waals surface area contributed by atoms with Crippen molar-refractivity contribution in [3.05, 3.63) is 36.0 Å². The summed E-state index contributed by atoms with van der Waals surface area (Å²) < 4.78 is 5.04. The minimum atomic E-state index is -0.302. The second-order valence-corrected chi connectivity index (χ2v) is 4.16. The fourth-order valence-electron chi connectivity index (χ4n) is 2.07. The number of rotatable bonds is 5. The van der Waals surface area contributed by atoms with Crippen LogP contribution < -0.4 is 5.32 Å². The summed E-state index contributed by atoms with van der Waals surface area (Å²) >= 11 is 0. The van der Waals surface area contributed by atoms with Gasteiger partial charge in [0.15, 0.2) is 0 Å². The molecule has 0 aliphatic heterocycles. The molecule has 96 valence electrons. The molecule has 2 rings (SSSR count). The van der Waals surface area contributed by atoms with Gasteiger partial charge in [0, 0.05) is 23.5 Å². The molecule has 0 fully saturated rings. The number of aromatic nitrogens is 1. The first-order chi connectivity index (χ1) is 8.76. The summed E-state index contributed by atoms with van der Waals surface area (Å²) in [5, 5.41) is 4.16. The van der Waals surface area contributed by atoms with Crippen molar-refractivity contribution in [3.63, 3.8) is 0 Å². The number of nitrogens with one attached hydrogen (secondary N) is 2. The lowest BCUT2D eigenvalue weighted by Crippen LogP contribution is -2.37. The third-order valence-corrected chi connectivity index (χ3v) is 3.02. The molecular formula is C14H18N2O2. The van der Waals surface area contributed by atoms with Crippen molar-refractivity contribution in [2.24, 2.45) is 0 Å². The first-order valence-corrected chi connectivity index (χ1v) is 6.15. The van der Waals surface area contributed by atoms with Crippen molar-refractivity contribution in [2.75, 3.05) is 13.7 Å². The number of carbonyl (C=O) groups excluding carboxylic acids is 1. The van der Waals surface area contributed by atoms with Crippen molar-refractivity contribution in [2.45, 2.75) is 19.4 Å². The molecule has 18 heavy (non-hydrogen) atoms. The van der Waals surface area contributed by atoms with E-state index < -0.39 is 0 Å². The maximum atomic E-state index is 11.7. The SMILES string of the molecule is CCOC(=O)C(Cc1c[nH]c2ccccc12)NC. The van der Waals surface area contributed by atoms with E-state index in [0.29, 0.717) is 13.0 Å². The minimum Gasteiger partial charge on any atom is -0.465 e. The molecule has 0 aliphatic carbocycles. The zero-order valence-corrected chi connectivity index (χ0v) is 10.7. The molecule has 4 nitrogen and oxygen atoms in total. The number of benzene rings is 1. The normalized spacial score (nSPS) is 12.6. The maximum absolute atomic E-state index is 11.7. The molecule has 1 aromatic carbocycles. The number of ether oxygens (including phenoxy) is 1. The highest BCUT2D eigenvalue weighted by Crippen LogP contribution is 2.19. The van der Waals surface area contributed by atoms with E-state index in [1.54, 1.807) is 7.05 Å². The molecule has 0 amide bonds. The summed E-state index contributed by atoms with van der Waals surface area (Å²) in [6, 6.07) is 7.77. The van der Waals surface area contributed by atoms with E-state index in [0.717, 1.165) is 16.5 Å². The zero-order valence-electron chi connectivity index (χ0n) is 10.7. The van der Waals surface area contributed by atoms with E-state index in [1.165, 1.54) is 0 Å². The number of H-pyrrole nitrogens is 1. The zero-order chi connectivity index (χ0) is 13.0. The summed E-state index contributed by atoms with van der Waals surface area (Å²) in [4.78, 5) is 15.0. The van der Waals surface area contributed by atoms with E-state index >= 15 is 0 Å². The maximum Gasteiger partial charge on any atom is 0.323 e. The summed E-state index contributed by atoms with van der Waals surface area (Å²) in [7, 11) is 1.77.